The van der Waals surface area contributed by atoms with E-state index in [1.807, 2.05) is 21.7 Å². The summed E-state index contributed by atoms with van der Waals surface area (Å²) < 4.78 is 0. The average molecular weight is 335 g/mol. The van der Waals surface area contributed by atoms with Crippen LogP contribution in [0.15, 0.2) is 16.8 Å². The molecule has 1 N–H and O–H groups in total. The van der Waals surface area contributed by atoms with E-state index >= 15 is 0 Å². The Morgan fingerprint density at radius 1 is 1.39 bits per heavy atom. The number of rotatable bonds is 4. The minimum absolute atomic E-state index is 0.0517. The van der Waals surface area contributed by atoms with Crippen molar-refractivity contribution < 1.29 is 9.59 Å². The number of likely N-dealkylation sites (tertiary alicyclic amines) is 2. The summed E-state index contributed by atoms with van der Waals surface area (Å²) in [4.78, 5) is 29.0. The first-order valence-corrected chi connectivity index (χ1v) is 9.23. The molecule has 0 aromatic carbocycles. The lowest BCUT2D eigenvalue weighted by molar-refractivity contribution is -0.130. The van der Waals surface area contributed by atoms with E-state index in [0.717, 1.165) is 25.1 Å². The predicted molar refractivity (Wildman–Crippen MR) is 91.3 cm³/mol. The Morgan fingerprint density at radius 3 is 2.78 bits per heavy atom. The van der Waals surface area contributed by atoms with Crippen LogP contribution >= 0.6 is 11.3 Å². The van der Waals surface area contributed by atoms with Gasteiger partial charge in [0.25, 0.3) is 0 Å². The van der Waals surface area contributed by atoms with Crippen LogP contribution in [0, 0.1) is 5.92 Å². The van der Waals surface area contributed by atoms with E-state index in [0.29, 0.717) is 24.4 Å². The molecule has 0 unspecified atom stereocenters. The highest BCUT2D eigenvalue weighted by molar-refractivity contribution is 7.08. The molecule has 2 saturated heterocycles. The molecule has 23 heavy (non-hydrogen) atoms. The molecular formula is C17H25N3O2S. The smallest absolute Gasteiger partial charge is 0.237 e. The van der Waals surface area contributed by atoms with Crippen molar-refractivity contribution in [1.82, 2.24) is 15.1 Å². The van der Waals surface area contributed by atoms with Gasteiger partial charge in [-0.2, -0.15) is 11.3 Å². The van der Waals surface area contributed by atoms with E-state index in [2.05, 4.69) is 24.1 Å². The SMILES string of the molecule is CNC(=O)[C@@H]1C[C@H]2CN(C(=O)Cc3ccsc3)C[C@H]2N1C(C)C. The number of thiophene rings is 1. The Kier molecular flexibility index (Phi) is 4.73. The molecule has 0 spiro atoms. The number of hydrogen-bond donors (Lipinski definition) is 1. The Balaban J connectivity index is 1.67. The van der Waals surface area contributed by atoms with Crippen LogP contribution in [0.4, 0.5) is 0 Å². The number of likely N-dealkylation sites (N-methyl/N-ethyl adjacent to an activating group) is 1. The highest BCUT2D eigenvalue weighted by atomic mass is 32.1. The third-order valence-corrected chi connectivity index (χ3v) is 5.84. The van der Waals surface area contributed by atoms with Crippen LogP contribution in [-0.2, 0) is 16.0 Å². The maximum Gasteiger partial charge on any atom is 0.237 e. The molecule has 1 aromatic heterocycles. The molecule has 0 aliphatic carbocycles. The third-order valence-electron chi connectivity index (χ3n) is 5.11. The number of nitrogens with zero attached hydrogens (tertiary/aromatic N) is 2. The summed E-state index contributed by atoms with van der Waals surface area (Å²) in [6, 6.07) is 2.58. The highest BCUT2D eigenvalue weighted by Crippen LogP contribution is 2.37. The lowest BCUT2D eigenvalue weighted by Gasteiger charge is -2.33. The fourth-order valence-electron chi connectivity index (χ4n) is 4.10. The summed E-state index contributed by atoms with van der Waals surface area (Å²) in [5.74, 6) is 0.716. The topological polar surface area (TPSA) is 52.7 Å². The van der Waals surface area contributed by atoms with Gasteiger partial charge in [-0.05, 0) is 48.6 Å². The van der Waals surface area contributed by atoms with E-state index in [4.69, 9.17) is 0 Å². The molecule has 3 atom stereocenters. The van der Waals surface area contributed by atoms with Gasteiger partial charge in [0, 0.05) is 32.2 Å². The summed E-state index contributed by atoms with van der Waals surface area (Å²) in [6.45, 7) is 5.80. The van der Waals surface area contributed by atoms with Gasteiger partial charge in [-0.3, -0.25) is 14.5 Å². The molecule has 2 amide bonds. The monoisotopic (exact) mass is 335 g/mol. The summed E-state index contributed by atoms with van der Waals surface area (Å²) in [5.41, 5.74) is 1.10. The van der Waals surface area contributed by atoms with Gasteiger partial charge < -0.3 is 10.2 Å². The van der Waals surface area contributed by atoms with Crippen molar-refractivity contribution in [2.24, 2.45) is 5.92 Å². The summed E-state index contributed by atoms with van der Waals surface area (Å²) in [7, 11) is 1.70. The maximum atomic E-state index is 12.5. The number of nitrogens with one attached hydrogen (secondary N) is 1. The normalized spacial score (nSPS) is 27.5. The minimum atomic E-state index is -0.0517. The lowest BCUT2D eigenvalue weighted by Crippen LogP contribution is -2.50. The second kappa shape index (κ2) is 6.61. The van der Waals surface area contributed by atoms with Crippen LogP contribution in [0.3, 0.4) is 0 Å². The van der Waals surface area contributed by atoms with E-state index in [1.165, 1.54) is 0 Å². The minimum Gasteiger partial charge on any atom is -0.358 e. The zero-order valence-electron chi connectivity index (χ0n) is 14.0. The average Bonchev–Trinajstić information content (AvgIpc) is 3.20. The second-order valence-corrected chi connectivity index (χ2v) is 7.62. The van der Waals surface area contributed by atoms with Crippen LogP contribution in [0.2, 0.25) is 0 Å². The van der Waals surface area contributed by atoms with Crippen LogP contribution in [0.5, 0.6) is 0 Å². The highest BCUT2D eigenvalue weighted by Gasteiger charge is 2.50. The molecule has 3 rings (SSSR count). The third kappa shape index (κ3) is 3.15. The molecule has 2 fully saturated rings. The van der Waals surface area contributed by atoms with Crippen molar-refractivity contribution in [3.8, 4) is 0 Å². The van der Waals surface area contributed by atoms with Gasteiger partial charge in [-0.1, -0.05) is 0 Å². The van der Waals surface area contributed by atoms with Crippen molar-refractivity contribution in [3.05, 3.63) is 22.4 Å². The number of fused-ring (bicyclic) bond motifs is 1. The van der Waals surface area contributed by atoms with Gasteiger partial charge >= 0.3 is 0 Å². The number of carbonyl (C=O) groups is 2. The standard InChI is InChI=1S/C17H25N3O2S/c1-11(2)20-14(17(22)18-3)7-13-8-19(9-15(13)20)16(21)6-12-4-5-23-10-12/h4-5,10-11,13-15H,6-9H2,1-3H3,(H,18,22)/t13-,14-,15+/m0/s1. The van der Waals surface area contributed by atoms with Gasteiger partial charge in [0.2, 0.25) is 11.8 Å². The van der Waals surface area contributed by atoms with Gasteiger partial charge in [-0.15, -0.1) is 0 Å². The molecule has 6 heteroatoms. The summed E-state index contributed by atoms with van der Waals surface area (Å²) in [6.07, 6.45) is 1.34. The summed E-state index contributed by atoms with van der Waals surface area (Å²) >= 11 is 1.63. The summed E-state index contributed by atoms with van der Waals surface area (Å²) in [5, 5.41) is 6.83. The fraction of sp³-hybridized carbons (Fsp3) is 0.647. The maximum absolute atomic E-state index is 12.5. The number of amides is 2. The van der Waals surface area contributed by atoms with Crippen molar-refractivity contribution in [2.75, 3.05) is 20.1 Å². The first kappa shape index (κ1) is 16.5. The Hall–Kier alpha value is -1.40. The van der Waals surface area contributed by atoms with Crippen LogP contribution in [-0.4, -0.2) is 59.9 Å². The van der Waals surface area contributed by atoms with E-state index in [-0.39, 0.29) is 17.9 Å². The fourth-order valence-corrected chi connectivity index (χ4v) is 4.77. The van der Waals surface area contributed by atoms with Gasteiger partial charge in [0.1, 0.15) is 0 Å². The molecule has 0 radical (unpaired) electrons. The molecule has 2 aliphatic rings. The van der Waals surface area contributed by atoms with Gasteiger partial charge in [0.05, 0.1) is 12.5 Å². The second-order valence-electron chi connectivity index (χ2n) is 6.84. The largest absolute Gasteiger partial charge is 0.358 e. The van der Waals surface area contributed by atoms with Crippen molar-refractivity contribution >= 4 is 23.2 Å². The first-order valence-electron chi connectivity index (χ1n) is 8.29. The number of hydrogen-bond acceptors (Lipinski definition) is 4. The van der Waals surface area contributed by atoms with Crippen LogP contribution < -0.4 is 5.32 Å². The van der Waals surface area contributed by atoms with Crippen molar-refractivity contribution in [2.45, 2.75) is 44.8 Å². The van der Waals surface area contributed by atoms with E-state index in [9.17, 15) is 9.59 Å². The zero-order chi connectivity index (χ0) is 16.6. The molecule has 126 valence electrons. The van der Waals surface area contributed by atoms with Crippen LogP contribution in [0.25, 0.3) is 0 Å². The Bertz CT molecular complexity index is 572. The molecule has 1 aromatic rings. The molecule has 0 saturated carbocycles. The molecular weight excluding hydrogens is 310 g/mol. The van der Waals surface area contributed by atoms with Gasteiger partial charge in [-0.25, -0.2) is 0 Å². The Morgan fingerprint density at radius 2 is 2.17 bits per heavy atom. The number of carbonyl (C=O) groups excluding carboxylic acids is 2. The first-order chi connectivity index (χ1) is 11.0. The molecule has 0 bridgehead atoms. The molecule has 3 heterocycles. The molecule has 5 nitrogen and oxygen atoms in total. The predicted octanol–water partition coefficient (Wildman–Crippen LogP) is 1.35. The Labute approximate surface area is 141 Å². The van der Waals surface area contributed by atoms with Gasteiger partial charge in [0.15, 0.2) is 0 Å². The van der Waals surface area contributed by atoms with Crippen molar-refractivity contribution in [3.63, 3.8) is 0 Å². The lowest BCUT2D eigenvalue weighted by atomic mass is 10.0. The quantitative estimate of drug-likeness (QED) is 0.904. The van der Waals surface area contributed by atoms with Crippen LogP contribution in [0.1, 0.15) is 25.8 Å². The zero-order valence-corrected chi connectivity index (χ0v) is 14.8. The van der Waals surface area contributed by atoms with E-state index in [1.54, 1.807) is 18.4 Å². The molecule has 2 aliphatic heterocycles. The van der Waals surface area contributed by atoms with E-state index < -0.39 is 0 Å². The van der Waals surface area contributed by atoms with Crippen molar-refractivity contribution in [1.29, 1.82) is 0 Å².